The number of rotatable bonds is 8. The van der Waals surface area contributed by atoms with E-state index in [1.807, 2.05) is 24.3 Å². The van der Waals surface area contributed by atoms with Gasteiger partial charge in [-0.1, -0.05) is 121 Å². The minimum Gasteiger partial charge on any atom is -0.309 e. The number of aromatic nitrogens is 5. The zero-order valence-corrected chi connectivity index (χ0v) is 44.2. The second-order valence-corrected chi connectivity index (χ2v) is 20.6. The summed E-state index contributed by atoms with van der Waals surface area (Å²) in [6.45, 7) is 0. The van der Waals surface area contributed by atoms with E-state index in [0.29, 0.717) is 56.2 Å². The molecule has 0 saturated heterocycles. The van der Waals surface area contributed by atoms with E-state index in [2.05, 4.69) is 208 Å². The summed E-state index contributed by atoms with van der Waals surface area (Å²) in [5.74, 6) is 0.381. The fourth-order valence-corrected chi connectivity index (χ4v) is 12.1. The minimum absolute atomic E-state index is 0.338. The van der Waals surface area contributed by atoms with Gasteiger partial charge < -0.3 is 13.7 Å². The van der Waals surface area contributed by atoms with Crippen LogP contribution >= 0.6 is 0 Å². The average molecular weight is 1060 g/mol. The normalized spacial score (nSPS) is 11.3. The van der Waals surface area contributed by atoms with Gasteiger partial charge in [0.1, 0.15) is 0 Å². The molecule has 11 aromatic carbocycles. The van der Waals surface area contributed by atoms with Crippen molar-refractivity contribution in [2.75, 3.05) is 0 Å². The first-order chi connectivity index (χ1) is 40.9. The van der Waals surface area contributed by atoms with E-state index in [-0.39, 0.29) is 0 Å². The monoisotopic (exact) mass is 1060 g/mol. The van der Waals surface area contributed by atoms with Crippen molar-refractivity contribution in [3.05, 3.63) is 271 Å². The quantitative estimate of drug-likeness (QED) is 0.149. The van der Waals surface area contributed by atoms with Gasteiger partial charge in [0.15, 0.2) is 5.82 Å². The molecule has 9 nitrogen and oxygen atoms in total. The van der Waals surface area contributed by atoms with Crippen LogP contribution in [0.4, 0.5) is 0 Å². The highest BCUT2D eigenvalue weighted by atomic mass is 15.0. The fourth-order valence-electron chi connectivity index (χ4n) is 12.1. The van der Waals surface area contributed by atoms with Crippen molar-refractivity contribution < 1.29 is 0 Å². The molecule has 0 fully saturated rings. The molecule has 9 heteroatoms. The van der Waals surface area contributed by atoms with E-state index >= 15 is 0 Å². The second-order valence-electron chi connectivity index (χ2n) is 20.6. The van der Waals surface area contributed by atoms with Gasteiger partial charge in [0.2, 0.25) is 0 Å². The fraction of sp³-hybridized carbons (Fsp3) is 0. The number of benzene rings is 11. The summed E-state index contributed by atoms with van der Waals surface area (Å²) in [5.41, 5.74) is 18.1. The minimum atomic E-state index is 0.338. The molecule has 0 aliphatic carbocycles. The molecule has 4 aromatic heterocycles. The summed E-state index contributed by atoms with van der Waals surface area (Å²) < 4.78 is 7.13. The Morgan fingerprint density at radius 3 is 1.10 bits per heavy atom. The first-order valence-electron chi connectivity index (χ1n) is 27.1. The molecule has 15 aromatic rings. The van der Waals surface area contributed by atoms with E-state index in [9.17, 15) is 21.0 Å². The SMILES string of the molecule is N#Cc1ccc(-c2cc(-c3cc(C#N)c(-c4ccc(-c5ccc(-n6c7ccc(-n8c9ccccc9c9ccccc98)cc7c7cc(-n8c9ccccc9c9ccccc98)ccc76)cc5)cc4)cc3C#N)nc(-c3ccc(C#N)cc3)n2)cc1. The number of hydrogen-bond donors (Lipinski definition) is 0. The predicted octanol–water partition coefficient (Wildman–Crippen LogP) is 17.6. The van der Waals surface area contributed by atoms with E-state index in [1.165, 1.54) is 21.5 Å². The number of nitrogens with zero attached hydrogens (tertiary/aromatic N) is 9. The summed E-state index contributed by atoms with van der Waals surface area (Å²) in [5, 5.41) is 47.5. The van der Waals surface area contributed by atoms with E-state index in [4.69, 9.17) is 9.97 Å². The third kappa shape index (κ3) is 7.90. The lowest BCUT2D eigenvalue weighted by Gasteiger charge is -2.13. The highest BCUT2D eigenvalue weighted by Crippen LogP contribution is 2.41. The van der Waals surface area contributed by atoms with Gasteiger partial charge in [0, 0.05) is 71.6 Å². The van der Waals surface area contributed by atoms with Gasteiger partial charge in [-0.25, -0.2) is 9.97 Å². The molecule has 0 bridgehead atoms. The molecular weight excluding hydrogens is 1010 g/mol. The van der Waals surface area contributed by atoms with Gasteiger partial charge in [0.05, 0.1) is 91.0 Å². The Balaban J connectivity index is 0.804. The van der Waals surface area contributed by atoms with Gasteiger partial charge in [-0.3, -0.25) is 0 Å². The number of nitriles is 4. The molecule has 0 aliphatic rings. The van der Waals surface area contributed by atoms with Crippen LogP contribution in [0.15, 0.2) is 249 Å². The predicted molar refractivity (Wildman–Crippen MR) is 331 cm³/mol. The van der Waals surface area contributed by atoms with Gasteiger partial charge in [0.25, 0.3) is 0 Å². The molecule has 83 heavy (non-hydrogen) atoms. The summed E-state index contributed by atoms with van der Waals surface area (Å²) in [4.78, 5) is 9.80. The van der Waals surface area contributed by atoms with Gasteiger partial charge in [-0.05, 0) is 144 Å². The van der Waals surface area contributed by atoms with Crippen LogP contribution in [0, 0.1) is 45.3 Å². The van der Waals surface area contributed by atoms with Crippen molar-refractivity contribution in [2.45, 2.75) is 0 Å². The smallest absolute Gasteiger partial charge is 0.160 e. The van der Waals surface area contributed by atoms with Crippen LogP contribution in [0.3, 0.4) is 0 Å². The molecule has 382 valence electrons. The molecule has 0 N–H and O–H groups in total. The zero-order chi connectivity index (χ0) is 55.7. The van der Waals surface area contributed by atoms with Crippen molar-refractivity contribution in [3.8, 4) is 97.5 Å². The topological polar surface area (TPSA) is 136 Å². The van der Waals surface area contributed by atoms with Crippen LogP contribution in [0.1, 0.15) is 22.3 Å². The molecular formula is C74H41N9. The lowest BCUT2D eigenvalue weighted by atomic mass is 9.92. The molecule has 4 heterocycles. The van der Waals surface area contributed by atoms with Gasteiger partial charge >= 0.3 is 0 Å². The van der Waals surface area contributed by atoms with Crippen molar-refractivity contribution in [1.29, 1.82) is 21.0 Å². The van der Waals surface area contributed by atoms with Crippen molar-refractivity contribution in [3.63, 3.8) is 0 Å². The third-order valence-electron chi connectivity index (χ3n) is 16.0. The highest BCUT2D eigenvalue weighted by molar-refractivity contribution is 6.14. The van der Waals surface area contributed by atoms with Gasteiger partial charge in [-0.15, -0.1) is 0 Å². The highest BCUT2D eigenvalue weighted by Gasteiger charge is 2.21. The van der Waals surface area contributed by atoms with Crippen molar-refractivity contribution >= 4 is 65.4 Å². The average Bonchev–Trinajstić information content (AvgIpc) is 3.12. The molecule has 15 rings (SSSR count). The maximum absolute atomic E-state index is 10.7. The summed E-state index contributed by atoms with van der Waals surface area (Å²) in [6.07, 6.45) is 0. The first kappa shape index (κ1) is 48.0. The van der Waals surface area contributed by atoms with Crippen LogP contribution in [-0.4, -0.2) is 23.7 Å². The molecule has 0 saturated carbocycles. The summed E-state index contributed by atoms with van der Waals surface area (Å²) >= 11 is 0. The maximum Gasteiger partial charge on any atom is 0.160 e. The summed E-state index contributed by atoms with van der Waals surface area (Å²) in [6, 6.07) is 93.4. The van der Waals surface area contributed by atoms with Crippen LogP contribution in [-0.2, 0) is 0 Å². The standard InChI is InChI=1S/C74H41N9/c75-42-46-17-21-51(22-18-46)66-41-67(80-74(79-66)52-23-19-47(43-76)20-24-52)63-38-53(44-77)62(37-54(63)45-78)50-27-25-48(26-28-50)49-29-31-55(32-30-49)81-72-35-33-56(82-68-13-5-1-9-58(68)59-10-2-6-14-69(59)82)39-64(72)65-40-57(34-36-73(65)81)83-70-15-7-3-11-60(70)61-12-4-8-16-71(61)83/h1-41H. The number of para-hydroxylation sites is 4. The Morgan fingerprint density at radius 2 is 0.627 bits per heavy atom. The summed E-state index contributed by atoms with van der Waals surface area (Å²) in [7, 11) is 0. The first-order valence-corrected chi connectivity index (χ1v) is 27.1. The van der Waals surface area contributed by atoms with Gasteiger partial charge in [-0.2, -0.15) is 21.0 Å². The Hall–Kier alpha value is -12.1. The Kier molecular flexibility index (Phi) is 11.2. The Morgan fingerprint density at radius 1 is 0.265 bits per heavy atom. The van der Waals surface area contributed by atoms with Crippen molar-refractivity contribution in [1.82, 2.24) is 23.7 Å². The van der Waals surface area contributed by atoms with E-state index in [1.54, 1.807) is 54.6 Å². The van der Waals surface area contributed by atoms with Crippen LogP contribution in [0.2, 0.25) is 0 Å². The maximum atomic E-state index is 10.7. The molecule has 0 unspecified atom stereocenters. The second kappa shape index (κ2) is 19.3. The van der Waals surface area contributed by atoms with E-state index in [0.717, 1.165) is 83.2 Å². The van der Waals surface area contributed by atoms with Crippen LogP contribution in [0.5, 0.6) is 0 Å². The van der Waals surface area contributed by atoms with Crippen LogP contribution < -0.4 is 0 Å². The van der Waals surface area contributed by atoms with Crippen molar-refractivity contribution in [2.24, 2.45) is 0 Å². The largest absolute Gasteiger partial charge is 0.309 e. The molecule has 0 aliphatic heterocycles. The lowest BCUT2D eigenvalue weighted by Crippen LogP contribution is -1.99. The Labute approximate surface area is 476 Å². The Bertz CT molecular complexity index is 4990. The third-order valence-corrected chi connectivity index (χ3v) is 16.0. The number of hydrogen-bond acceptors (Lipinski definition) is 6. The molecule has 0 atom stereocenters. The number of fused-ring (bicyclic) bond motifs is 9. The van der Waals surface area contributed by atoms with E-state index < -0.39 is 0 Å². The molecule has 0 amide bonds. The van der Waals surface area contributed by atoms with Crippen LogP contribution in [0.25, 0.3) is 139 Å². The molecule has 0 spiro atoms. The molecule has 0 radical (unpaired) electrons. The zero-order valence-electron chi connectivity index (χ0n) is 44.2. The lowest BCUT2D eigenvalue weighted by molar-refractivity contribution is 1.16.